The SMILES string of the molecule is CCOc1cc(CNC(=O)C2CNNC2c2cccc(OC)c2)ccc1OC. The number of benzene rings is 2. The normalized spacial score (nSPS) is 18.5. The summed E-state index contributed by atoms with van der Waals surface area (Å²) in [5.74, 6) is 1.89. The van der Waals surface area contributed by atoms with Gasteiger partial charge in [-0.2, -0.15) is 0 Å². The van der Waals surface area contributed by atoms with Crippen molar-refractivity contribution in [3.05, 3.63) is 53.6 Å². The third-order valence-corrected chi connectivity index (χ3v) is 4.77. The van der Waals surface area contributed by atoms with Gasteiger partial charge in [-0.05, 0) is 42.3 Å². The summed E-state index contributed by atoms with van der Waals surface area (Å²) in [6, 6.07) is 13.3. The molecule has 1 saturated heterocycles. The lowest BCUT2D eigenvalue weighted by atomic mass is 9.94. The molecule has 7 nitrogen and oxygen atoms in total. The van der Waals surface area contributed by atoms with Gasteiger partial charge in [0.2, 0.25) is 5.91 Å². The molecule has 0 aliphatic carbocycles. The molecule has 2 aromatic carbocycles. The highest BCUT2D eigenvalue weighted by atomic mass is 16.5. The molecule has 28 heavy (non-hydrogen) atoms. The molecule has 1 amide bonds. The number of amides is 1. The molecule has 1 fully saturated rings. The molecule has 3 rings (SSSR count). The maximum Gasteiger partial charge on any atom is 0.226 e. The summed E-state index contributed by atoms with van der Waals surface area (Å²) in [4.78, 5) is 12.8. The number of hydrazine groups is 1. The zero-order chi connectivity index (χ0) is 19.9. The molecule has 2 unspecified atom stereocenters. The number of nitrogens with one attached hydrogen (secondary N) is 3. The summed E-state index contributed by atoms with van der Waals surface area (Å²) in [7, 11) is 3.24. The Hall–Kier alpha value is -2.77. The zero-order valence-electron chi connectivity index (χ0n) is 16.5. The molecular formula is C21H27N3O4. The van der Waals surface area contributed by atoms with Gasteiger partial charge in [-0.15, -0.1) is 0 Å². The van der Waals surface area contributed by atoms with Crippen molar-refractivity contribution in [3.8, 4) is 17.2 Å². The minimum Gasteiger partial charge on any atom is -0.497 e. The average Bonchev–Trinajstić information content (AvgIpc) is 3.22. The van der Waals surface area contributed by atoms with Crippen molar-refractivity contribution in [2.24, 2.45) is 5.92 Å². The van der Waals surface area contributed by atoms with Gasteiger partial charge in [0.1, 0.15) is 5.75 Å². The predicted octanol–water partition coefficient (Wildman–Crippen LogP) is 2.18. The number of hydrogen-bond donors (Lipinski definition) is 3. The topological polar surface area (TPSA) is 80.9 Å². The Kier molecular flexibility index (Phi) is 6.73. The molecule has 7 heteroatoms. The molecule has 0 aromatic heterocycles. The van der Waals surface area contributed by atoms with E-state index in [-0.39, 0.29) is 17.9 Å². The maximum atomic E-state index is 12.8. The van der Waals surface area contributed by atoms with Gasteiger partial charge in [0.05, 0.1) is 32.8 Å². The lowest BCUT2D eigenvalue weighted by molar-refractivity contribution is -0.125. The van der Waals surface area contributed by atoms with Crippen LogP contribution in [-0.4, -0.2) is 33.3 Å². The zero-order valence-corrected chi connectivity index (χ0v) is 16.5. The van der Waals surface area contributed by atoms with Crippen LogP contribution in [0.3, 0.4) is 0 Å². The second-order valence-electron chi connectivity index (χ2n) is 6.52. The van der Waals surface area contributed by atoms with Crippen LogP contribution in [-0.2, 0) is 11.3 Å². The van der Waals surface area contributed by atoms with Crippen LogP contribution >= 0.6 is 0 Å². The summed E-state index contributed by atoms with van der Waals surface area (Å²) >= 11 is 0. The first-order valence-corrected chi connectivity index (χ1v) is 9.36. The summed E-state index contributed by atoms with van der Waals surface area (Å²) in [5.41, 5.74) is 8.24. The first-order valence-electron chi connectivity index (χ1n) is 9.36. The summed E-state index contributed by atoms with van der Waals surface area (Å²) in [6.45, 7) is 3.45. The van der Waals surface area contributed by atoms with Crippen LogP contribution in [0.5, 0.6) is 17.2 Å². The lowest BCUT2D eigenvalue weighted by Crippen LogP contribution is -2.34. The van der Waals surface area contributed by atoms with Crippen molar-refractivity contribution in [2.75, 3.05) is 27.4 Å². The van der Waals surface area contributed by atoms with E-state index in [9.17, 15) is 4.79 Å². The number of hydrogen-bond acceptors (Lipinski definition) is 6. The van der Waals surface area contributed by atoms with Gasteiger partial charge >= 0.3 is 0 Å². The van der Waals surface area contributed by atoms with Crippen molar-refractivity contribution in [3.63, 3.8) is 0 Å². The quantitative estimate of drug-likeness (QED) is 0.646. The van der Waals surface area contributed by atoms with Crippen LogP contribution in [0.4, 0.5) is 0 Å². The first kappa shape index (κ1) is 20.0. The second-order valence-corrected chi connectivity index (χ2v) is 6.52. The number of rotatable bonds is 8. The van der Waals surface area contributed by atoms with Gasteiger partial charge < -0.3 is 19.5 Å². The summed E-state index contributed by atoms with van der Waals surface area (Å²) in [5, 5.41) is 3.03. The fraction of sp³-hybridized carbons (Fsp3) is 0.381. The molecule has 0 saturated carbocycles. The Labute approximate surface area is 165 Å². The minimum absolute atomic E-state index is 0.0147. The minimum atomic E-state index is -0.225. The Morgan fingerprint density at radius 3 is 2.75 bits per heavy atom. The van der Waals surface area contributed by atoms with Crippen LogP contribution in [0.2, 0.25) is 0 Å². The van der Waals surface area contributed by atoms with E-state index in [1.165, 1.54) is 0 Å². The van der Waals surface area contributed by atoms with E-state index < -0.39 is 0 Å². The number of methoxy groups -OCH3 is 2. The molecule has 0 spiro atoms. The number of ether oxygens (including phenoxy) is 3. The Balaban J connectivity index is 1.66. The molecule has 1 aliphatic heterocycles. The molecule has 150 valence electrons. The Morgan fingerprint density at radius 1 is 1.14 bits per heavy atom. The highest BCUT2D eigenvalue weighted by Crippen LogP contribution is 2.29. The molecule has 2 atom stereocenters. The third-order valence-electron chi connectivity index (χ3n) is 4.77. The van der Waals surface area contributed by atoms with Crippen LogP contribution in [0, 0.1) is 5.92 Å². The Morgan fingerprint density at radius 2 is 2.00 bits per heavy atom. The van der Waals surface area contributed by atoms with Gasteiger partial charge in [0.15, 0.2) is 11.5 Å². The van der Waals surface area contributed by atoms with Crippen molar-refractivity contribution >= 4 is 5.91 Å². The van der Waals surface area contributed by atoms with Crippen LogP contribution in [0.1, 0.15) is 24.1 Å². The first-order chi connectivity index (χ1) is 13.7. The van der Waals surface area contributed by atoms with Crippen molar-refractivity contribution in [2.45, 2.75) is 19.5 Å². The van der Waals surface area contributed by atoms with E-state index in [1.807, 2.05) is 49.4 Å². The Bertz CT molecular complexity index is 812. The maximum absolute atomic E-state index is 12.8. The summed E-state index contributed by atoms with van der Waals surface area (Å²) < 4.78 is 16.2. The molecule has 1 heterocycles. The van der Waals surface area contributed by atoms with Crippen molar-refractivity contribution in [1.29, 1.82) is 0 Å². The molecule has 0 bridgehead atoms. The predicted molar refractivity (Wildman–Crippen MR) is 106 cm³/mol. The molecular weight excluding hydrogens is 358 g/mol. The lowest BCUT2D eigenvalue weighted by Gasteiger charge is -2.19. The van der Waals surface area contributed by atoms with E-state index in [1.54, 1.807) is 14.2 Å². The average molecular weight is 385 g/mol. The van der Waals surface area contributed by atoms with Crippen LogP contribution in [0.25, 0.3) is 0 Å². The van der Waals surface area contributed by atoms with Gasteiger partial charge in [-0.1, -0.05) is 18.2 Å². The third kappa shape index (κ3) is 4.55. The fourth-order valence-electron chi connectivity index (χ4n) is 3.31. The van der Waals surface area contributed by atoms with Crippen molar-refractivity contribution in [1.82, 2.24) is 16.2 Å². The molecule has 2 aromatic rings. The smallest absolute Gasteiger partial charge is 0.226 e. The van der Waals surface area contributed by atoms with Gasteiger partial charge in [-0.25, -0.2) is 5.43 Å². The molecule has 0 radical (unpaired) electrons. The van der Waals surface area contributed by atoms with Gasteiger partial charge in [0, 0.05) is 13.1 Å². The van der Waals surface area contributed by atoms with Crippen LogP contribution in [0.15, 0.2) is 42.5 Å². The van der Waals surface area contributed by atoms with E-state index >= 15 is 0 Å². The van der Waals surface area contributed by atoms with E-state index in [2.05, 4.69) is 16.2 Å². The highest BCUT2D eigenvalue weighted by molar-refractivity contribution is 5.80. The molecule has 1 aliphatic rings. The van der Waals surface area contributed by atoms with Crippen molar-refractivity contribution < 1.29 is 19.0 Å². The van der Waals surface area contributed by atoms with E-state index in [0.29, 0.717) is 31.2 Å². The fourth-order valence-corrected chi connectivity index (χ4v) is 3.31. The van der Waals surface area contributed by atoms with Gasteiger partial charge in [0.25, 0.3) is 0 Å². The molecule has 3 N–H and O–H groups in total. The second kappa shape index (κ2) is 9.43. The monoisotopic (exact) mass is 385 g/mol. The largest absolute Gasteiger partial charge is 0.497 e. The van der Waals surface area contributed by atoms with E-state index in [4.69, 9.17) is 14.2 Å². The standard InChI is InChI=1S/C21H27N3O4/c1-4-28-19-10-14(8-9-18(19)27-3)12-22-21(25)17-13-23-24-20(17)15-6-5-7-16(11-15)26-2/h5-11,17,20,23-24H,4,12-13H2,1-3H3,(H,22,25). The number of carbonyl (C=O) groups is 1. The number of carbonyl (C=O) groups excluding carboxylic acids is 1. The highest BCUT2D eigenvalue weighted by Gasteiger charge is 2.34. The summed E-state index contributed by atoms with van der Waals surface area (Å²) in [6.07, 6.45) is 0. The van der Waals surface area contributed by atoms with E-state index in [0.717, 1.165) is 16.9 Å². The van der Waals surface area contributed by atoms with Gasteiger partial charge in [-0.3, -0.25) is 10.2 Å². The van der Waals surface area contributed by atoms with Crippen LogP contribution < -0.4 is 30.4 Å².